The van der Waals surface area contributed by atoms with Gasteiger partial charge in [0.2, 0.25) is 0 Å². The van der Waals surface area contributed by atoms with Crippen molar-refractivity contribution in [1.82, 2.24) is 4.90 Å². The molecule has 1 fully saturated rings. The first-order chi connectivity index (χ1) is 10.8. The summed E-state index contributed by atoms with van der Waals surface area (Å²) in [5.74, 6) is 0. The molecule has 3 nitrogen and oxygen atoms in total. The molecule has 1 aliphatic rings. The van der Waals surface area contributed by atoms with Crippen LogP contribution in [0, 0.1) is 11.3 Å². The van der Waals surface area contributed by atoms with Crippen LogP contribution in [0.2, 0.25) is 0 Å². The number of nitrogens with one attached hydrogen (secondary N) is 1. The predicted octanol–water partition coefficient (Wildman–Crippen LogP) is 3.63. The summed E-state index contributed by atoms with van der Waals surface area (Å²) in [7, 11) is 0. The molecule has 0 saturated carbocycles. The van der Waals surface area contributed by atoms with Gasteiger partial charge in [0.1, 0.15) is 0 Å². The molecule has 1 heterocycles. The highest BCUT2D eigenvalue weighted by atomic mass is 15.1. The van der Waals surface area contributed by atoms with E-state index in [4.69, 9.17) is 5.26 Å². The largest absolute Gasteiger partial charge is 0.382 e. The summed E-state index contributed by atoms with van der Waals surface area (Å²) >= 11 is 0. The van der Waals surface area contributed by atoms with E-state index in [9.17, 15) is 0 Å². The average Bonchev–Trinajstić information content (AvgIpc) is 2.58. The van der Waals surface area contributed by atoms with E-state index >= 15 is 0 Å². The summed E-state index contributed by atoms with van der Waals surface area (Å²) in [6.45, 7) is 3.30. The van der Waals surface area contributed by atoms with Crippen molar-refractivity contribution < 1.29 is 0 Å². The highest BCUT2D eigenvalue weighted by Crippen LogP contribution is 2.18. The highest BCUT2D eigenvalue weighted by molar-refractivity contribution is 5.47. The maximum absolute atomic E-state index is 8.82. The van der Waals surface area contributed by atoms with Crippen LogP contribution in [0.25, 0.3) is 0 Å². The molecule has 2 aromatic rings. The van der Waals surface area contributed by atoms with Crippen molar-refractivity contribution in [3.8, 4) is 6.07 Å². The van der Waals surface area contributed by atoms with Gasteiger partial charge in [-0.3, -0.25) is 4.90 Å². The van der Waals surface area contributed by atoms with Crippen molar-refractivity contribution in [2.24, 2.45) is 0 Å². The lowest BCUT2D eigenvalue weighted by molar-refractivity contribution is 0.211. The zero-order valence-corrected chi connectivity index (χ0v) is 12.7. The minimum Gasteiger partial charge on any atom is -0.382 e. The summed E-state index contributed by atoms with van der Waals surface area (Å²) in [6, 6.07) is 21.1. The molecule has 1 aliphatic heterocycles. The lowest BCUT2D eigenvalue weighted by Gasteiger charge is -2.32. The zero-order valence-electron chi connectivity index (χ0n) is 12.7. The van der Waals surface area contributed by atoms with Crippen molar-refractivity contribution in [2.75, 3.05) is 18.4 Å². The molecule has 2 aromatic carbocycles. The lowest BCUT2D eigenvalue weighted by atomic mass is 10.0. The van der Waals surface area contributed by atoms with Gasteiger partial charge in [0.05, 0.1) is 11.6 Å². The molecule has 0 radical (unpaired) electrons. The molecule has 3 heteroatoms. The van der Waals surface area contributed by atoms with E-state index in [-0.39, 0.29) is 0 Å². The summed E-state index contributed by atoms with van der Waals surface area (Å²) in [5.41, 5.74) is 3.21. The normalized spacial score (nSPS) is 16.1. The molecule has 0 unspecified atom stereocenters. The van der Waals surface area contributed by atoms with Gasteiger partial charge in [-0.15, -0.1) is 0 Å². The van der Waals surface area contributed by atoms with Crippen LogP contribution in [0.1, 0.15) is 24.0 Å². The third-order valence-corrected chi connectivity index (χ3v) is 4.22. The van der Waals surface area contributed by atoms with Crippen molar-refractivity contribution in [3.05, 3.63) is 65.7 Å². The van der Waals surface area contributed by atoms with Crippen LogP contribution in [0.15, 0.2) is 54.6 Å². The Balaban J connectivity index is 1.48. The van der Waals surface area contributed by atoms with Crippen molar-refractivity contribution in [3.63, 3.8) is 0 Å². The van der Waals surface area contributed by atoms with E-state index in [1.54, 1.807) is 0 Å². The molecule has 1 N–H and O–H groups in total. The first-order valence-corrected chi connectivity index (χ1v) is 7.86. The third-order valence-electron chi connectivity index (χ3n) is 4.22. The van der Waals surface area contributed by atoms with Crippen LogP contribution in [-0.4, -0.2) is 24.0 Å². The average molecular weight is 291 g/mol. The number of nitriles is 1. The van der Waals surface area contributed by atoms with Gasteiger partial charge in [0.15, 0.2) is 0 Å². The first kappa shape index (κ1) is 14.6. The Morgan fingerprint density at radius 3 is 2.32 bits per heavy atom. The van der Waals surface area contributed by atoms with Gasteiger partial charge < -0.3 is 5.32 Å². The summed E-state index contributed by atoms with van der Waals surface area (Å²) in [5, 5.41) is 12.4. The molecule has 0 aromatic heterocycles. The number of rotatable bonds is 4. The predicted molar refractivity (Wildman–Crippen MR) is 89.5 cm³/mol. The van der Waals surface area contributed by atoms with E-state index in [0.29, 0.717) is 11.6 Å². The Kier molecular flexibility index (Phi) is 4.72. The van der Waals surface area contributed by atoms with Crippen LogP contribution in [0.5, 0.6) is 0 Å². The maximum atomic E-state index is 8.82. The number of hydrogen-bond acceptors (Lipinski definition) is 3. The Morgan fingerprint density at radius 2 is 1.68 bits per heavy atom. The van der Waals surface area contributed by atoms with Gasteiger partial charge >= 0.3 is 0 Å². The zero-order chi connectivity index (χ0) is 15.2. The number of nitrogens with zero attached hydrogens (tertiary/aromatic N) is 2. The smallest absolute Gasteiger partial charge is 0.0991 e. The Hall–Kier alpha value is -2.31. The van der Waals surface area contributed by atoms with E-state index < -0.39 is 0 Å². The molecule has 0 aliphatic carbocycles. The fraction of sp³-hybridized carbons (Fsp3) is 0.316. The number of anilines is 1. The quantitative estimate of drug-likeness (QED) is 0.935. The molecule has 0 spiro atoms. The number of piperidine rings is 1. The fourth-order valence-electron chi connectivity index (χ4n) is 2.95. The van der Waals surface area contributed by atoms with E-state index in [1.165, 1.54) is 5.56 Å². The van der Waals surface area contributed by atoms with E-state index in [2.05, 4.69) is 46.6 Å². The molecule has 22 heavy (non-hydrogen) atoms. The molecule has 0 bridgehead atoms. The second-order valence-electron chi connectivity index (χ2n) is 5.87. The molecule has 1 saturated heterocycles. The Labute approximate surface area is 132 Å². The lowest BCUT2D eigenvalue weighted by Crippen LogP contribution is -2.38. The number of hydrogen-bond donors (Lipinski definition) is 1. The Morgan fingerprint density at radius 1 is 1.00 bits per heavy atom. The molecular weight excluding hydrogens is 270 g/mol. The van der Waals surface area contributed by atoms with Crippen LogP contribution in [-0.2, 0) is 6.54 Å². The van der Waals surface area contributed by atoms with Gasteiger partial charge in [-0.1, -0.05) is 30.3 Å². The van der Waals surface area contributed by atoms with Gasteiger partial charge in [-0.2, -0.15) is 5.26 Å². The van der Waals surface area contributed by atoms with Gasteiger partial charge in [0, 0.05) is 31.4 Å². The summed E-state index contributed by atoms with van der Waals surface area (Å²) in [4.78, 5) is 2.52. The minimum atomic E-state index is 0.528. The van der Waals surface area contributed by atoms with Crippen molar-refractivity contribution >= 4 is 5.69 Å². The molecule has 0 amide bonds. The van der Waals surface area contributed by atoms with Gasteiger partial charge in [-0.05, 0) is 42.7 Å². The molecular formula is C19H21N3. The fourth-order valence-corrected chi connectivity index (χ4v) is 2.95. The van der Waals surface area contributed by atoms with Crippen LogP contribution in [0.4, 0.5) is 5.69 Å². The molecule has 3 rings (SSSR count). The maximum Gasteiger partial charge on any atom is 0.0991 e. The van der Waals surface area contributed by atoms with E-state index in [1.807, 2.05) is 24.3 Å². The second-order valence-corrected chi connectivity index (χ2v) is 5.87. The van der Waals surface area contributed by atoms with Crippen molar-refractivity contribution in [2.45, 2.75) is 25.4 Å². The van der Waals surface area contributed by atoms with E-state index in [0.717, 1.165) is 38.2 Å². The highest BCUT2D eigenvalue weighted by Gasteiger charge is 2.18. The molecule has 0 atom stereocenters. The SMILES string of the molecule is N#Cc1ccc(NC2CCN(Cc3ccccc3)CC2)cc1. The van der Waals surface area contributed by atoms with Crippen LogP contribution < -0.4 is 5.32 Å². The third kappa shape index (κ3) is 3.87. The monoisotopic (exact) mass is 291 g/mol. The first-order valence-electron chi connectivity index (χ1n) is 7.86. The minimum absolute atomic E-state index is 0.528. The summed E-state index contributed by atoms with van der Waals surface area (Å²) < 4.78 is 0. The van der Waals surface area contributed by atoms with Crippen LogP contribution >= 0.6 is 0 Å². The Bertz CT molecular complexity index is 620. The van der Waals surface area contributed by atoms with Gasteiger partial charge in [-0.25, -0.2) is 0 Å². The number of likely N-dealkylation sites (tertiary alicyclic amines) is 1. The number of benzene rings is 2. The standard InChI is InChI=1S/C19H21N3/c20-14-16-6-8-18(9-7-16)21-19-10-12-22(13-11-19)15-17-4-2-1-3-5-17/h1-9,19,21H,10-13,15H2. The molecule has 112 valence electrons. The summed E-state index contributed by atoms with van der Waals surface area (Å²) in [6.07, 6.45) is 2.32. The topological polar surface area (TPSA) is 39.1 Å². The van der Waals surface area contributed by atoms with Crippen LogP contribution in [0.3, 0.4) is 0 Å². The van der Waals surface area contributed by atoms with Gasteiger partial charge in [0.25, 0.3) is 0 Å². The second kappa shape index (κ2) is 7.11. The van der Waals surface area contributed by atoms with Crippen molar-refractivity contribution in [1.29, 1.82) is 5.26 Å².